The molecule has 5 heteroatoms. The minimum Gasteiger partial charge on any atom is -0.480 e. The first-order valence-corrected chi connectivity index (χ1v) is 7.26. The zero-order valence-electron chi connectivity index (χ0n) is 11.7. The van der Waals surface area contributed by atoms with Gasteiger partial charge in [-0.3, -0.25) is 4.79 Å². The number of hydrogen-bond acceptors (Lipinski definition) is 3. The van der Waals surface area contributed by atoms with Crippen molar-refractivity contribution in [3.8, 4) is 0 Å². The van der Waals surface area contributed by atoms with Crippen molar-refractivity contribution in [2.24, 2.45) is 0 Å². The van der Waals surface area contributed by atoms with Crippen LogP contribution in [0, 0.1) is 0 Å². The maximum atomic E-state index is 11.9. The Morgan fingerprint density at radius 3 is 2.42 bits per heavy atom. The van der Waals surface area contributed by atoms with Gasteiger partial charge in [-0.05, 0) is 6.42 Å². The molecule has 0 aromatic rings. The molecule has 19 heavy (non-hydrogen) atoms. The van der Waals surface area contributed by atoms with Crippen molar-refractivity contribution in [3.05, 3.63) is 0 Å². The quantitative estimate of drug-likeness (QED) is 0.660. The number of carboxylic acid groups (broad SMARTS) is 1. The lowest BCUT2D eigenvalue weighted by molar-refractivity contribution is -0.148. The number of nitrogens with zero attached hydrogens (tertiary/aromatic N) is 1. The molecular formula is C14H25NO4. The van der Waals surface area contributed by atoms with Gasteiger partial charge in [0.15, 0.2) is 0 Å². The molecular weight excluding hydrogens is 246 g/mol. The lowest BCUT2D eigenvalue weighted by Crippen LogP contribution is -2.40. The zero-order valence-corrected chi connectivity index (χ0v) is 11.7. The van der Waals surface area contributed by atoms with E-state index in [2.05, 4.69) is 6.92 Å². The number of aliphatic hydroxyl groups is 1. The van der Waals surface area contributed by atoms with Gasteiger partial charge in [-0.15, -0.1) is 0 Å². The molecule has 0 bridgehead atoms. The predicted octanol–water partition coefficient (Wildman–Crippen LogP) is 1.78. The molecule has 5 nitrogen and oxygen atoms in total. The first-order valence-electron chi connectivity index (χ1n) is 7.26. The Balaban J connectivity index is 2.26. The number of carboxylic acids is 1. The highest BCUT2D eigenvalue weighted by molar-refractivity contribution is 5.84. The molecule has 2 atom stereocenters. The summed E-state index contributed by atoms with van der Waals surface area (Å²) < 4.78 is 0. The van der Waals surface area contributed by atoms with Crippen LogP contribution in [0.2, 0.25) is 0 Å². The molecule has 0 unspecified atom stereocenters. The Labute approximate surface area is 114 Å². The van der Waals surface area contributed by atoms with Gasteiger partial charge in [0, 0.05) is 19.4 Å². The fraction of sp³-hybridized carbons (Fsp3) is 0.857. The van der Waals surface area contributed by atoms with E-state index in [1.807, 2.05) is 0 Å². The molecule has 0 aromatic carbocycles. The number of rotatable bonds is 8. The summed E-state index contributed by atoms with van der Waals surface area (Å²) in [5, 5.41) is 18.5. The second-order valence-electron chi connectivity index (χ2n) is 5.31. The third-order valence-electron chi connectivity index (χ3n) is 3.63. The van der Waals surface area contributed by atoms with E-state index in [4.69, 9.17) is 5.11 Å². The third kappa shape index (κ3) is 5.19. The summed E-state index contributed by atoms with van der Waals surface area (Å²) in [6.07, 6.45) is 6.42. The Bertz CT molecular complexity index is 306. The first-order chi connectivity index (χ1) is 9.06. The van der Waals surface area contributed by atoms with Crippen LogP contribution in [0.5, 0.6) is 0 Å². The number of likely N-dealkylation sites (tertiary alicyclic amines) is 1. The second-order valence-corrected chi connectivity index (χ2v) is 5.31. The summed E-state index contributed by atoms with van der Waals surface area (Å²) in [6, 6.07) is -0.845. The van der Waals surface area contributed by atoms with E-state index in [0.29, 0.717) is 6.42 Å². The third-order valence-corrected chi connectivity index (χ3v) is 3.63. The highest BCUT2D eigenvalue weighted by Crippen LogP contribution is 2.20. The van der Waals surface area contributed by atoms with Crippen molar-refractivity contribution in [3.63, 3.8) is 0 Å². The molecule has 1 saturated heterocycles. The summed E-state index contributed by atoms with van der Waals surface area (Å²) in [7, 11) is 0. The van der Waals surface area contributed by atoms with Gasteiger partial charge in [0.2, 0.25) is 5.91 Å². The van der Waals surface area contributed by atoms with E-state index >= 15 is 0 Å². The van der Waals surface area contributed by atoms with E-state index < -0.39 is 18.1 Å². The number of aliphatic carboxylic acids is 1. The van der Waals surface area contributed by atoms with Gasteiger partial charge in [0.1, 0.15) is 6.04 Å². The topological polar surface area (TPSA) is 77.8 Å². The SMILES string of the molecule is CCCCCCCCC(=O)N1C[C@H](O)C[C@H]1C(=O)O. The van der Waals surface area contributed by atoms with Crippen LogP contribution in [0.1, 0.15) is 58.3 Å². The molecule has 1 fully saturated rings. The Morgan fingerprint density at radius 2 is 1.79 bits per heavy atom. The number of hydrogen-bond donors (Lipinski definition) is 2. The average Bonchev–Trinajstić information content (AvgIpc) is 2.76. The van der Waals surface area contributed by atoms with Gasteiger partial charge < -0.3 is 15.1 Å². The van der Waals surface area contributed by atoms with Gasteiger partial charge >= 0.3 is 5.97 Å². The van der Waals surface area contributed by atoms with Gasteiger partial charge in [-0.25, -0.2) is 4.79 Å². The lowest BCUT2D eigenvalue weighted by atomic mass is 10.1. The van der Waals surface area contributed by atoms with E-state index in [1.165, 1.54) is 24.2 Å². The number of β-amino-alcohol motifs (C(OH)–C–C–N with tert-alkyl or cyclic N) is 1. The van der Waals surface area contributed by atoms with Crippen LogP contribution in [0.25, 0.3) is 0 Å². The van der Waals surface area contributed by atoms with Gasteiger partial charge in [0.25, 0.3) is 0 Å². The summed E-state index contributed by atoms with van der Waals surface area (Å²) in [4.78, 5) is 24.3. The normalized spacial score (nSPS) is 22.7. The molecule has 2 N–H and O–H groups in total. The smallest absolute Gasteiger partial charge is 0.326 e. The monoisotopic (exact) mass is 271 g/mol. The first kappa shape index (κ1) is 16.0. The van der Waals surface area contributed by atoms with Crippen LogP contribution < -0.4 is 0 Å². The summed E-state index contributed by atoms with van der Waals surface area (Å²) >= 11 is 0. The number of unbranched alkanes of at least 4 members (excludes halogenated alkanes) is 5. The molecule has 1 rings (SSSR count). The molecule has 0 radical (unpaired) electrons. The van der Waals surface area contributed by atoms with Gasteiger partial charge in [-0.1, -0.05) is 39.0 Å². The number of carbonyl (C=O) groups is 2. The van der Waals surface area contributed by atoms with Gasteiger partial charge in [0.05, 0.1) is 6.10 Å². The molecule has 0 saturated carbocycles. The molecule has 110 valence electrons. The fourth-order valence-electron chi connectivity index (χ4n) is 2.52. The maximum Gasteiger partial charge on any atom is 0.326 e. The van der Waals surface area contributed by atoms with Crippen LogP contribution >= 0.6 is 0 Å². The number of amides is 1. The summed E-state index contributed by atoms with van der Waals surface area (Å²) in [5.41, 5.74) is 0. The molecule has 1 heterocycles. The van der Waals surface area contributed by atoms with E-state index in [0.717, 1.165) is 19.3 Å². The molecule has 1 aliphatic rings. The van der Waals surface area contributed by atoms with Crippen LogP contribution in [-0.4, -0.2) is 45.7 Å². The number of carbonyl (C=O) groups excluding carboxylic acids is 1. The Morgan fingerprint density at radius 1 is 1.16 bits per heavy atom. The summed E-state index contributed by atoms with van der Waals surface area (Å²) in [5.74, 6) is -1.16. The zero-order chi connectivity index (χ0) is 14.3. The molecule has 0 aromatic heterocycles. The molecule has 0 aliphatic carbocycles. The van der Waals surface area contributed by atoms with Crippen molar-refractivity contribution in [1.82, 2.24) is 4.90 Å². The van der Waals surface area contributed by atoms with Gasteiger partial charge in [-0.2, -0.15) is 0 Å². The Kier molecular flexibility index (Phi) is 6.84. The van der Waals surface area contributed by atoms with E-state index in [-0.39, 0.29) is 18.9 Å². The van der Waals surface area contributed by atoms with E-state index in [9.17, 15) is 14.7 Å². The van der Waals surface area contributed by atoms with Crippen LogP contribution in [0.15, 0.2) is 0 Å². The minimum atomic E-state index is -1.02. The van der Waals surface area contributed by atoms with E-state index in [1.54, 1.807) is 0 Å². The van der Waals surface area contributed by atoms with Crippen LogP contribution in [-0.2, 0) is 9.59 Å². The number of aliphatic hydroxyl groups excluding tert-OH is 1. The summed E-state index contributed by atoms with van der Waals surface area (Å²) in [6.45, 7) is 2.32. The predicted molar refractivity (Wildman–Crippen MR) is 71.8 cm³/mol. The minimum absolute atomic E-state index is 0.139. The van der Waals surface area contributed by atoms with Crippen molar-refractivity contribution in [2.75, 3.05) is 6.54 Å². The lowest BCUT2D eigenvalue weighted by Gasteiger charge is -2.21. The highest BCUT2D eigenvalue weighted by atomic mass is 16.4. The van der Waals surface area contributed by atoms with Crippen LogP contribution in [0.3, 0.4) is 0 Å². The maximum absolute atomic E-state index is 11.9. The Hall–Kier alpha value is -1.10. The van der Waals surface area contributed by atoms with Crippen molar-refractivity contribution in [1.29, 1.82) is 0 Å². The van der Waals surface area contributed by atoms with Crippen molar-refractivity contribution >= 4 is 11.9 Å². The van der Waals surface area contributed by atoms with Crippen LogP contribution in [0.4, 0.5) is 0 Å². The fourth-order valence-corrected chi connectivity index (χ4v) is 2.52. The standard InChI is InChI=1S/C14H25NO4/c1-2-3-4-5-6-7-8-13(17)15-10-11(16)9-12(15)14(18)19/h11-12,16H,2-10H2,1H3,(H,18,19)/t11-,12+/m1/s1. The molecule has 1 aliphatic heterocycles. The van der Waals surface area contributed by atoms with Crippen molar-refractivity contribution < 1.29 is 19.8 Å². The largest absolute Gasteiger partial charge is 0.480 e. The molecule has 0 spiro atoms. The average molecular weight is 271 g/mol. The van der Waals surface area contributed by atoms with Crippen molar-refractivity contribution in [2.45, 2.75) is 70.4 Å². The second kappa shape index (κ2) is 8.15. The highest BCUT2D eigenvalue weighted by Gasteiger charge is 2.38. The molecule has 1 amide bonds.